The van der Waals surface area contributed by atoms with E-state index in [1.807, 2.05) is 0 Å². The smallest absolute Gasteiger partial charge is 0.435 e. The average Bonchev–Trinajstić information content (AvgIpc) is 2.76. The molecule has 0 atom stereocenters. The van der Waals surface area contributed by atoms with Crippen LogP contribution in [0.25, 0.3) is 0 Å². The molecule has 0 fully saturated rings. The maximum atomic E-state index is 14.5. The highest BCUT2D eigenvalue weighted by Gasteiger charge is 2.73. The highest BCUT2D eigenvalue weighted by atomic mass is 79.9. The summed E-state index contributed by atoms with van der Waals surface area (Å²) in [7, 11) is 0. The fraction of sp³-hybridized carbons (Fsp3) is 0.333. The second-order valence-corrected chi connectivity index (χ2v) is 10.8. The topological polar surface area (TPSA) is 79.5 Å². The van der Waals surface area contributed by atoms with E-state index in [1.165, 1.54) is 31.2 Å². The number of aryl methyl sites for hydroxylation is 1. The van der Waals surface area contributed by atoms with Gasteiger partial charge in [-0.3, -0.25) is 5.32 Å². The van der Waals surface area contributed by atoms with Gasteiger partial charge >= 0.3 is 30.1 Å². The van der Waals surface area contributed by atoms with Crippen LogP contribution < -0.4 is 16.0 Å². The standard InChI is InChI=1S/C21H16BrCl3F7N3O3/c1-2-10-6-11(19(26,20(27,28)29)21(30,31)32)7-14(22)15(10)35-16(36)33-12-4-3-5-13(8-12)34-17(37)38-9-18(23,24)25/h3-8H,2,9H2,1H3,(H,34,37)(H2,33,35,36). The molecule has 17 heteroatoms. The Kier molecular flexibility index (Phi) is 10.1. The summed E-state index contributed by atoms with van der Waals surface area (Å²) in [4.78, 5) is 24.3. The van der Waals surface area contributed by atoms with E-state index < -0.39 is 50.6 Å². The average molecular weight is 678 g/mol. The molecule has 3 N–H and O–H groups in total. The molecule has 0 aliphatic carbocycles. The molecule has 6 nitrogen and oxygen atoms in total. The van der Waals surface area contributed by atoms with Crippen molar-refractivity contribution in [1.82, 2.24) is 0 Å². The minimum atomic E-state index is -6.30. The van der Waals surface area contributed by atoms with E-state index in [2.05, 4.69) is 31.9 Å². The molecule has 2 aromatic carbocycles. The fourth-order valence-corrected chi connectivity index (χ4v) is 3.79. The number of benzene rings is 2. The maximum absolute atomic E-state index is 14.5. The molecule has 0 bridgehead atoms. The molecule has 210 valence electrons. The fourth-order valence-electron chi connectivity index (χ4n) is 3.02. The quantitative estimate of drug-likeness (QED) is 0.211. The number of nitrogens with one attached hydrogen (secondary N) is 3. The lowest BCUT2D eigenvalue weighted by atomic mass is 9.91. The second-order valence-electron chi connectivity index (χ2n) is 7.48. The van der Waals surface area contributed by atoms with Gasteiger partial charge in [0.05, 0.1) is 5.69 Å². The van der Waals surface area contributed by atoms with Gasteiger partial charge in [0.1, 0.15) is 6.61 Å². The Morgan fingerprint density at radius 3 is 1.95 bits per heavy atom. The van der Waals surface area contributed by atoms with Gasteiger partial charge in [0.25, 0.3) is 0 Å². The lowest BCUT2D eigenvalue weighted by Gasteiger charge is -2.31. The summed E-state index contributed by atoms with van der Waals surface area (Å²) in [6.45, 7) is 0.833. The minimum Gasteiger partial charge on any atom is -0.445 e. The molecule has 38 heavy (non-hydrogen) atoms. The van der Waals surface area contributed by atoms with E-state index in [1.54, 1.807) is 0 Å². The van der Waals surface area contributed by atoms with Crippen LogP contribution in [0.2, 0.25) is 0 Å². The third-order valence-corrected chi connectivity index (χ3v) is 5.66. The van der Waals surface area contributed by atoms with E-state index >= 15 is 0 Å². The van der Waals surface area contributed by atoms with E-state index in [-0.39, 0.29) is 29.0 Å². The number of hydrogen-bond acceptors (Lipinski definition) is 3. The van der Waals surface area contributed by atoms with Crippen LogP contribution in [0.4, 0.5) is 57.4 Å². The molecular weight excluding hydrogens is 661 g/mol. The zero-order valence-electron chi connectivity index (χ0n) is 18.8. The van der Waals surface area contributed by atoms with Gasteiger partial charge in [-0.25, -0.2) is 14.0 Å². The van der Waals surface area contributed by atoms with Gasteiger partial charge < -0.3 is 15.4 Å². The highest BCUT2D eigenvalue weighted by Crippen LogP contribution is 2.54. The Bertz CT molecular complexity index is 1180. The van der Waals surface area contributed by atoms with Crippen LogP contribution in [0.3, 0.4) is 0 Å². The Hall–Kier alpha value is -2.16. The molecule has 2 aromatic rings. The number of alkyl halides is 10. The van der Waals surface area contributed by atoms with E-state index in [4.69, 9.17) is 39.5 Å². The molecule has 0 saturated carbocycles. The number of rotatable bonds is 6. The van der Waals surface area contributed by atoms with Crippen molar-refractivity contribution in [2.45, 2.75) is 35.2 Å². The molecule has 0 spiro atoms. The zero-order valence-corrected chi connectivity index (χ0v) is 22.6. The minimum absolute atomic E-state index is 0.115. The number of ether oxygens (including phenoxy) is 1. The number of carbonyl (C=O) groups is 2. The van der Waals surface area contributed by atoms with Gasteiger partial charge in [-0.05, 0) is 58.2 Å². The SMILES string of the molecule is CCc1cc(C(F)(C(F)(F)F)C(F)(F)F)cc(Br)c1NC(=O)Nc1cccc(NC(=O)OCC(Cl)(Cl)Cl)c1. The number of urea groups is 1. The predicted octanol–water partition coefficient (Wildman–Crippen LogP) is 8.86. The van der Waals surface area contributed by atoms with Gasteiger partial charge in [0, 0.05) is 21.4 Å². The van der Waals surface area contributed by atoms with Crippen LogP contribution in [-0.4, -0.2) is 34.9 Å². The molecular formula is C21H16BrCl3F7N3O3. The van der Waals surface area contributed by atoms with Crippen molar-refractivity contribution in [3.05, 3.63) is 52.0 Å². The van der Waals surface area contributed by atoms with Crippen LogP contribution in [0, 0.1) is 0 Å². The normalized spacial score (nSPS) is 12.6. The number of anilines is 3. The largest absolute Gasteiger partial charge is 0.445 e. The van der Waals surface area contributed by atoms with Gasteiger partial charge in [0.15, 0.2) is 0 Å². The third-order valence-electron chi connectivity index (χ3n) is 4.70. The third kappa shape index (κ3) is 7.93. The van der Waals surface area contributed by atoms with Crippen LogP contribution in [-0.2, 0) is 16.8 Å². The van der Waals surface area contributed by atoms with Crippen molar-refractivity contribution in [1.29, 1.82) is 0 Å². The van der Waals surface area contributed by atoms with Crippen LogP contribution in [0.15, 0.2) is 40.9 Å². The van der Waals surface area contributed by atoms with Crippen molar-refractivity contribution >= 4 is 79.9 Å². The maximum Gasteiger partial charge on any atom is 0.435 e. The van der Waals surface area contributed by atoms with Crippen molar-refractivity contribution in [3.8, 4) is 0 Å². The summed E-state index contributed by atoms with van der Waals surface area (Å²) in [5.41, 5.74) is -7.48. The van der Waals surface area contributed by atoms with Crippen molar-refractivity contribution in [3.63, 3.8) is 0 Å². The molecule has 0 heterocycles. The molecule has 3 amide bonds. The molecule has 0 aliphatic heterocycles. The molecule has 0 saturated heterocycles. The van der Waals surface area contributed by atoms with Gasteiger partial charge in [0.2, 0.25) is 3.79 Å². The van der Waals surface area contributed by atoms with Crippen LogP contribution in [0.5, 0.6) is 0 Å². The van der Waals surface area contributed by atoms with Gasteiger partial charge in [-0.15, -0.1) is 0 Å². The Labute approximate surface area is 234 Å². The summed E-state index contributed by atoms with van der Waals surface area (Å²) in [5.74, 6) is 0. The summed E-state index contributed by atoms with van der Waals surface area (Å²) >= 11 is 19.3. The van der Waals surface area contributed by atoms with E-state index in [0.29, 0.717) is 12.1 Å². The first-order chi connectivity index (χ1) is 17.3. The summed E-state index contributed by atoms with van der Waals surface area (Å²) in [6.07, 6.45) is -13.7. The number of amides is 3. The van der Waals surface area contributed by atoms with Gasteiger partial charge in [-0.1, -0.05) is 47.8 Å². The lowest BCUT2D eigenvalue weighted by molar-refractivity contribution is -0.348. The summed E-state index contributed by atoms with van der Waals surface area (Å²) < 4.78 is 96.0. The zero-order chi connectivity index (χ0) is 29.1. The second kappa shape index (κ2) is 11.9. The first-order valence-corrected chi connectivity index (χ1v) is 12.0. The monoisotopic (exact) mass is 675 g/mol. The number of hydrogen-bond donors (Lipinski definition) is 3. The first-order valence-electron chi connectivity index (χ1n) is 10.1. The van der Waals surface area contributed by atoms with Crippen molar-refractivity contribution in [2.24, 2.45) is 0 Å². The predicted molar refractivity (Wildman–Crippen MR) is 133 cm³/mol. The lowest BCUT2D eigenvalue weighted by Crippen LogP contribution is -2.50. The molecule has 0 unspecified atom stereocenters. The first kappa shape index (κ1) is 32.1. The summed E-state index contributed by atoms with van der Waals surface area (Å²) in [5, 5.41) is 6.98. The molecule has 0 radical (unpaired) electrons. The Morgan fingerprint density at radius 2 is 1.45 bits per heavy atom. The Balaban J connectivity index is 2.24. The molecule has 0 aromatic heterocycles. The highest BCUT2D eigenvalue weighted by molar-refractivity contribution is 9.10. The van der Waals surface area contributed by atoms with Crippen molar-refractivity contribution < 1.29 is 45.1 Å². The number of halogens is 11. The van der Waals surface area contributed by atoms with Crippen LogP contribution >= 0.6 is 50.7 Å². The van der Waals surface area contributed by atoms with Crippen molar-refractivity contribution in [2.75, 3.05) is 22.6 Å². The molecule has 2 rings (SSSR count). The Morgan fingerprint density at radius 1 is 0.895 bits per heavy atom. The van der Waals surface area contributed by atoms with E-state index in [0.717, 1.165) is 0 Å². The van der Waals surface area contributed by atoms with Gasteiger partial charge in [-0.2, -0.15) is 26.3 Å². The van der Waals surface area contributed by atoms with E-state index in [9.17, 15) is 40.3 Å². The number of carbonyl (C=O) groups excluding carboxylic acids is 2. The summed E-state index contributed by atoms with van der Waals surface area (Å²) in [6, 6.07) is 5.27. The molecule has 0 aliphatic rings. The van der Waals surface area contributed by atoms with Crippen LogP contribution in [0.1, 0.15) is 18.1 Å².